The van der Waals surface area contributed by atoms with Gasteiger partial charge in [0.1, 0.15) is 17.4 Å². The molecule has 0 spiro atoms. The van der Waals surface area contributed by atoms with Gasteiger partial charge in [0.05, 0.1) is 17.5 Å². The summed E-state index contributed by atoms with van der Waals surface area (Å²) in [5.74, 6) is -0.134. The van der Waals surface area contributed by atoms with E-state index in [-0.39, 0.29) is 23.4 Å². The molecule has 0 saturated heterocycles. The highest BCUT2D eigenvalue weighted by Crippen LogP contribution is 2.43. The van der Waals surface area contributed by atoms with Crippen LogP contribution < -0.4 is 11.1 Å². The van der Waals surface area contributed by atoms with E-state index < -0.39 is 5.92 Å². The van der Waals surface area contributed by atoms with Crippen LogP contribution in [0.3, 0.4) is 0 Å². The molecule has 2 aromatic carbocycles. The lowest BCUT2D eigenvalue weighted by Crippen LogP contribution is -2.39. The molecule has 5 heteroatoms. The van der Waals surface area contributed by atoms with E-state index in [1.54, 1.807) is 0 Å². The number of benzene rings is 2. The van der Waals surface area contributed by atoms with Crippen molar-refractivity contribution >= 4 is 5.91 Å². The van der Waals surface area contributed by atoms with Crippen molar-refractivity contribution in [3.05, 3.63) is 94.6 Å². The summed E-state index contributed by atoms with van der Waals surface area (Å²) in [5.41, 5.74) is 8.60. The third-order valence-corrected chi connectivity index (χ3v) is 4.77. The fourth-order valence-electron chi connectivity index (χ4n) is 3.56. The van der Waals surface area contributed by atoms with Crippen molar-refractivity contribution in [2.75, 3.05) is 0 Å². The number of nitrogens with one attached hydrogen (secondary N) is 1. The molecule has 0 aromatic heterocycles. The molecule has 3 N–H and O–H groups in total. The fraction of sp³-hybridized carbons (Fsp3) is 0.143. The fourth-order valence-corrected chi connectivity index (χ4v) is 3.56. The van der Waals surface area contributed by atoms with Crippen LogP contribution in [-0.4, -0.2) is 5.91 Å². The molecule has 0 bridgehead atoms. The molecule has 2 aliphatic heterocycles. The van der Waals surface area contributed by atoms with Gasteiger partial charge in [0.25, 0.3) is 5.91 Å². The van der Waals surface area contributed by atoms with Crippen LogP contribution >= 0.6 is 0 Å². The highest BCUT2D eigenvalue weighted by atomic mass is 16.5. The first-order chi connectivity index (χ1) is 12.7. The average Bonchev–Trinajstić information content (AvgIpc) is 2.68. The summed E-state index contributed by atoms with van der Waals surface area (Å²) >= 11 is 0. The zero-order chi connectivity index (χ0) is 18.1. The summed E-state index contributed by atoms with van der Waals surface area (Å²) < 4.78 is 5.72. The first-order valence-corrected chi connectivity index (χ1v) is 8.40. The number of hydrogen-bond donors (Lipinski definition) is 2. The smallest absolute Gasteiger partial charge is 0.252 e. The molecule has 4 rings (SSSR count). The van der Waals surface area contributed by atoms with Gasteiger partial charge in [-0.05, 0) is 11.1 Å². The molecule has 0 radical (unpaired) electrons. The summed E-state index contributed by atoms with van der Waals surface area (Å²) in [4.78, 5) is 12.9. The van der Waals surface area contributed by atoms with Crippen LogP contribution in [0.5, 0.6) is 0 Å². The molecule has 26 heavy (non-hydrogen) atoms. The van der Waals surface area contributed by atoms with Crippen molar-refractivity contribution in [2.45, 2.75) is 18.4 Å². The lowest BCUT2D eigenvalue weighted by molar-refractivity contribution is -0.119. The van der Waals surface area contributed by atoms with Crippen molar-refractivity contribution in [3.8, 4) is 6.07 Å². The first kappa shape index (κ1) is 16.0. The van der Waals surface area contributed by atoms with Crippen LogP contribution in [0.2, 0.25) is 0 Å². The lowest BCUT2D eigenvalue weighted by Gasteiger charge is -2.34. The Morgan fingerprint density at radius 1 is 1.04 bits per heavy atom. The molecule has 2 atom stereocenters. The quantitative estimate of drug-likeness (QED) is 0.877. The summed E-state index contributed by atoms with van der Waals surface area (Å²) in [6.07, 6.45) is 0.494. The van der Waals surface area contributed by atoms with Gasteiger partial charge in [0, 0.05) is 6.42 Å². The third kappa shape index (κ3) is 2.62. The van der Waals surface area contributed by atoms with Gasteiger partial charge in [-0.25, -0.2) is 0 Å². The standard InChI is InChI=1S/C21H17N3O2/c22-12-15-18(14-9-5-2-6-10-14)19-17(26-20(15)23)11-16(24-21(19)25)13-7-3-1-4-8-13/h1-10,16,18H,11,23H2,(H,24,25). The largest absolute Gasteiger partial charge is 0.444 e. The Bertz CT molecular complexity index is 956. The third-order valence-electron chi connectivity index (χ3n) is 4.77. The Morgan fingerprint density at radius 3 is 2.27 bits per heavy atom. The van der Waals surface area contributed by atoms with Crippen LogP contribution in [0, 0.1) is 11.3 Å². The molecule has 0 fully saturated rings. The highest BCUT2D eigenvalue weighted by Gasteiger charge is 2.40. The second-order valence-electron chi connectivity index (χ2n) is 6.31. The maximum Gasteiger partial charge on any atom is 0.252 e. The van der Waals surface area contributed by atoms with E-state index in [1.165, 1.54) is 0 Å². The second-order valence-corrected chi connectivity index (χ2v) is 6.31. The zero-order valence-electron chi connectivity index (χ0n) is 14.0. The Balaban J connectivity index is 1.79. The maximum atomic E-state index is 12.9. The molecule has 2 unspecified atom stereocenters. The summed E-state index contributed by atoms with van der Waals surface area (Å²) in [6, 6.07) is 21.1. The van der Waals surface area contributed by atoms with E-state index in [4.69, 9.17) is 10.5 Å². The molecule has 128 valence electrons. The topological polar surface area (TPSA) is 88.1 Å². The molecule has 2 aromatic rings. The van der Waals surface area contributed by atoms with Gasteiger partial charge < -0.3 is 15.8 Å². The van der Waals surface area contributed by atoms with Crippen LogP contribution in [0.1, 0.15) is 29.5 Å². The van der Waals surface area contributed by atoms with Gasteiger partial charge in [-0.2, -0.15) is 5.26 Å². The van der Waals surface area contributed by atoms with Crippen LogP contribution in [0.25, 0.3) is 0 Å². The lowest BCUT2D eigenvalue weighted by atomic mass is 9.80. The Labute approximate surface area is 151 Å². The van der Waals surface area contributed by atoms with Crippen molar-refractivity contribution in [1.82, 2.24) is 5.32 Å². The number of hydrogen-bond acceptors (Lipinski definition) is 4. The predicted molar refractivity (Wildman–Crippen MR) is 96.1 cm³/mol. The van der Waals surface area contributed by atoms with E-state index in [2.05, 4.69) is 11.4 Å². The van der Waals surface area contributed by atoms with Crippen molar-refractivity contribution < 1.29 is 9.53 Å². The van der Waals surface area contributed by atoms with E-state index in [0.717, 1.165) is 11.1 Å². The van der Waals surface area contributed by atoms with Gasteiger partial charge in [0.2, 0.25) is 5.88 Å². The SMILES string of the molecule is N#CC1=C(N)OC2=C(C(=O)NC(c3ccccc3)C2)C1c1ccccc1. The average molecular weight is 343 g/mol. The molecule has 0 saturated carbocycles. The summed E-state index contributed by atoms with van der Waals surface area (Å²) in [6.45, 7) is 0. The second kappa shape index (κ2) is 6.41. The van der Waals surface area contributed by atoms with E-state index in [0.29, 0.717) is 17.8 Å². The number of nitriles is 1. The van der Waals surface area contributed by atoms with Crippen LogP contribution in [0.4, 0.5) is 0 Å². The molecule has 2 aliphatic rings. The Hall–Kier alpha value is -3.52. The van der Waals surface area contributed by atoms with E-state index in [9.17, 15) is 10.1 Å². The van der Waals surface area contributed by atoms with Gasteiger partial charge in [-0.3, -0.25) is 4.79 Å². The minimum atomic E-state index is -0.512. The predicted octanol–water partition coefficient (Wildman–Crippen LogP) is 3.01. The minimum absolute atomic E-state index is 0.0709. The number of carbonyl (C=O) groups excluding carboxylic acids is 1. The molecular weight excluding hydrogens is 326 g/mol. The summed E-state index contributed by atoms with van der Waals surface area (Å²) in [7, 11) is 0. The van der Waals surface area contributed by atoms with Crippen molar-refractivity contribution in [3.63, 3.8) is 0 Å². The molecular formula is C21H17N3O2. The molecule has 1 amide bonds. The van der Waals surface area contributed by atoms with Crippen LogP contribution in [-0.2, 0) is 9.53 Å². The Morgan fingerprint density at radius 2 is 1.65 bits per heavy atom. The normalized spacial score (nSPS) is 22.2. The monoisotopic (exact) mass is 343 g/mol. The number of nitrogens with two attached hydrogens (primary N) is 1. The maximum absolute atomic E-state index is 12.9. The van der Waals surface area contributed by atoms with Gasteiger partial charge in [-0.1, -0.05) is 60.7 Å². The van der Waals surface area contributed by atoms with Gasteiger partial charge >= 0.3 is 0 Å². The number of nitrogens with zero attached hydrogens (tertiary/aromatic N) is 1. The van der Waals surface area contributed by atoms with Crippen molar-refractivity contribution in [2.24, 2.45) is 5.73 Å². The number of amides is 1. The number of ether oxygens (including phenoxy) is 1. The van der Waals surface area contributed by atoms with Crippen molar-refractivity contribution in [1.29, 1.82) is 5.26 Å². The minimum Gasteiger partial charge on any atom is -0.444 e. The van der Waals surface area contributed by atoms with E-state index >= 15 is 0 Å². The van der Waals surface area contributed by atoms with Gasteiger partial charge in [0.15, 0.2) is 0 Å². The first-order valence-electron chi connectivity index (χ1n) is 8.40. The summed E-state index contributed by atoms with van der Waals surface area (Å²) in [5, 5.41) is 12.6. The van der Waals surface area contributed by atoms with Gasteiger partial charge in [-0.15, -0.1) is 0 Å². The van der Waals surface area contributed by atoms with Crippen LogP contribution in [0.15, 0.2) is 83.5 Å². The Kier molecular flexibility index (Phi) is 3.94. The number of carbonyl (C=O) groups is 1. The highest BCUT2D eigenvalue weighted by molar-refractivity contribution is 5.98. The molecule has 0 aliphatic carbocycles. The van der Waals surface area contributed by atoms with E-state index in [1.807, 2.05) is 60.7 Å². The zero-order valence-corrected chi connectivity index (χ0v) is 14.0. The molecule has 5 nitrogen and oxygen atoms in total. The molecule has 2 heterocycles. The number of allylic oxidation sites excluding steroid dienone is 1. The number of rotatable bonds is 2.